The van der Waals surface area contributed by atoms with Gasteiger partial charge in [0, 0.05) is 24.2 Å². The minimum Gasteiger partial charge on any atom is -0.477 e. The highest BCUT2D eigenvalue weighted by atomic mass is 16.5. The molecule has 0 aliphatic heterocycles. The van der Waals surface area contributed by atoms with Crippen LogP contribution in [0, 0.1) is 6.92 Å². The molecule has 2 rings (SSSR count). The van der Waals surface area contributed by atoms with Crippen LogP contribution >= 0.6 is 0 Å². The molecule has 0 saturated carbocycles. The highest BCUT2D eigenvalue weighted by molar-refractivity contribution is 5.27. The van der Waals surface area contributed by atoms with Gasteiger partial charge in [0.1, 0.15) is 0 Å². The van der Waals surface area contributed by atoms with Crippen molar-refractivity contribution in [1.82, 2.24) is 4.98 Å². The van der Waals surface area contributed by atoms with E-state index >= 15 is 0 Å². The van der Waals surface area contributed by atoms with Gasteiger partial charge in [-0.25, -0.2) is 4.98 Å². The zero-order chi connectivity index (χ0) is 12.8. The maximum absolute atomic E-state index is 5.72. The predicted octanol–water partition coefficient (Wildman–Crippen LogP) is 2.47. The number of rotatable bonds is 5. The summed E-state index contributed by atoms with van der Waals surface area (Å²) in [6, 6.07) is 14.2. The molecule has 0 radical (unpaired) electrons. The van der Waals surface area contributed by atoms with Crippen molar-refractivity contribution in [2.75, 3.05) is 6.61 Å². The molecule has 0 saturated heterocycles. The zero-order valence-electron chi connectivity index (χ0n) is 10.6. The van der Waals surface area contributed by atoms with Crippen LogP contribution in [0.1, 0.15) is 16.8 Å². The third-order valence-electron chi connectivity index (χ3n) is 2.77. The van der Waals surface area contributed by atoms with E-state index in [9.17, 15) is 0 Å². The molecule has 0 fully saturated rings. The van der Waals surface area contributed by atoms with Crippen LogP contribution in [0.5, 0.6) is 5.88 Å². The molecule has 0 bridgehead atoms. The summed E-state index contributed by atoms with van der Waals surface area (Å²) in [7, 11) is 0. The summed E-state index contributed by atoms with van der Waals surface area (Å²) in [5, 5.41) is 0. The molecule has 1 heterocycles. The maximum Gasteiger partial charge on any atom is 0.218 e. The Kier molecular flexibility index (Phi) is 4.31. The van der Waals surface area contributed by atoms with Crippen molar-refractivity contribution in [1.29, 1.82) is 0 Å². The van der Waals surface area contributed by atoms with Crippen molar-refractivity contribution in [3.05, 3.63) is 59.3 Å². The minimum absolute atomic E-state index is 0.452. The van der Waals surface area contributed by atoms with Crippen molar-refractivity contribution >= 4 is 0 Å². The van der Waals surface area contributed by atoms with Crippen LogP contribution in [0.25, 0.3) is 0 Å². The standard InChI is InChI=1S/C15H18N2O/c1-12-7-8-14(11-16)15(17-12)18-10-9-13-5-3-2-4-6-13/h2-8H,9-11,16H2,1H3. The van der Waals surface area contributed by atoms with Crippen LogP contribution in [0.15, 0.2) is 42.5 Å². The van der Waals surface area contributed by atoms with E-state index in [1.807, 2.05) is 37.3 Å². The lowest BCUT2D eigenvalue weighted by molar-refractivity contribution is 0.305. The molecule has 18 heavy (non-hydrogen) atoms. The molecule has 2 N–H and O–H groups in total. The highest BCUT2D eigenvalue weighted by Crippen LogP contribution is 2.15. The predicted molar refractivity (Wildman–Crippen MR) is 72.5 cm³/mol. The Bertz CT molecular complexity index is 497. The summed E-state index contributed by atoms with van der Waals surface area (Å²) in [5.74, 6) is 0.661. The molecule has 3 heteroatoms. The first kappa shape index (κ1) is 12.6. The van der Waals surface area contributed by atoms with Gasteiger partial charge in [-0.05, 0) is 18.6 Å². The molecule has 2 aromatic rings. The van der Waals surface area contributed by atoms with Crippen LogP contribution in [0.3, 0.4) is 0 Å². The number of nitrogens with two attached hydrogens (primary N) is 1. The first-order chi connectivity index (χ1) is 8.79. The second kappa shape index (κ2) is 6.17. The monoisotopic (exact) mass is 242 g/mol. The first-order valence-electron chi connectivity index (χ1n) is 6.13. The van der Waals surface area contributed by atoms with Crippen molar-refractivity contribution in [3.8, 4) is 5.88 Å². The fourth-order valence-corrected chi connectivity index (χ4v) is 1.75. The quantitative estimate of drug-likeness (QED) is 0.876. The number of pyridine rings is 1. The molecule has 0 aliphatic carbocycles. The molecule has 0 spiro atoms. The lowest BCUT2D eigenvalue weighted by Gasteiger charge is -2.10. The molecule has 94 valence electrons. The van der Waals surface area contributed by atoms with Gasteiger partial charge in [0.15, 0.2) is 0 Å². The maximum atomic E-state index is 5.72. The Morgan fingerprint density at radius 1 is 1.11 bits per heavy atom. The summed E-state index contributed by atoms with van der Waals surface area (Å²) in [6.07, 6.45) is 0.875. The van der Waals surface area contributed by atoms with Gasteiger partial charge in [0.05, 0.1) is 6.61 Å². The van der Waals surface area contributed by atoms with E-state index in [2.05, 4.69) is 17.1 Å². The molecular formula is C15H18N2O. The largest absolute Gasteiger partial charge is 0.477 e. The third kappa shape index (κ3) is 3.31. The second-order valence-corrected chi connectivity index (χ2v) is 4.21. The van der Waals surface area contributed by atoms with E-state index in [0.717, 1.165) is 17.7 Å². The Balaban J connectivity index is 1.96. The van der Waals surface area contributed by atoms with Crippen molar-refractivity contribution < 1.29 is 4.74 Å². The Labute approximate surface area is 108 Å². The number of benzene rings is 1. The van der Waals surface area contributed by atoms with E-state index < -0.39 is 0 Å². The number of hydrogen-bond acceptors (Lipinski definition) is 3. The molecule has 1 aromatic heterocycles. The lowest BCUT2D eigenvalue weighted by atomic mass is 10.2. The van der Waals surface area contributed by atoms with Crippen LogP contribution < -0.4 is 10.5 Å². The number of ether oxygens (including phenoxy) is 1. The van der Waals surface area contributed by atoms with Gasteiger partial charge in [-0.15, -0.1) is 0 Å². The first-order valence-corrected chi connectivity index (χ1v) is 6.13. The summed E-state index contributed by atoms with van der Waals surface area (Å²) in [6.45, 7) is 3.02. The summed E-state index contributed by atoms with van der Waals surface area (Å²) in [5.41, 5.74) is 8.83. The average Bonchev–Trinajstić information content (AvgIpc) is 2.40. The van der Waals surface area contributed by atoms with Gasteiger partial charge in [-0.2, -0.15) is 0 Å². The van der Waals surface area contributed by atoms with Crippen molar-refractivity contribution in [2.24, 2.45) is 5.73 Å². The molecular weight excluding hydrogens is 224 g/mol. The minimum atomic E-state index is 0.452. The van der Waals surface area contributed by atoms with Gasteiger partial charge in [-0.1, -0.05) is 36.4 Å². The topological polar surface area (TPSA) is 48.1 Å². The van der Waals surface area contributed by atoms with E-state index in [1.54, 1.807) is 0 Å². The molecule has 1 aromatic carbocycles. The Hall–Kier alpha value is -1.87. The van der Waals surface area contributed by atoms with Crippen LogP contribution in [-0.2, 0) is 13.0 Å². The lowest BCUT2D eigenvalue weighted by Crippen LogP contribution is -2.08. The summed E-state index contributed by atoms with van der Waals surface area (Å²) >= 11 is 0. The Morgan fingerprint density at radius 2 is 1.89 bits per heavy atom. The molecule has 0 unspecified atom stereocenters. The summed E-state index contributed by atoms with van der Waals surface area (Å²) < 4.78 is 5.72. The van der Waals surface area contributed by atoms with E-state index in [4.69, 9.17) is 10.5 Å². The van der Waals surface area contributed by atoms with Crippen molar-refractivity contribution in [2.45, 2.75) is 19.9 Å². The van der Waals surface area contributed by atoms with Gasteiger partial charge in [-0.3, -0.25) is 0 Å². The van der Waals surface area contributed by atoms with Gasteiger partial charge in [0.25, 0.3) is 0 Å². The van der Waals surface area contributed by atoms with E-state index in [0.29, 0.717) is 19.0 Å². The van der Waals surface area contributed by atoms with Gasteiger partial charge < -0.3 is 10.5 Å². The Morgan fingerprint density at radius 3 is 2.61 bits per heavy atom. The van der Waals surface area contributed by atoms with Crippen LogP contribution in [0.2, 0.25) is 0 Å². The van der Waals surface area contributed by atoms with Gasteiger partial charge >= 0.3 is 0 Å². The fraction of sp³-hybridized carbons (Fsp3) is 0.267. The average molecular weight is 242 g/mol. The fourth-order valence-electron chi connectivity index (χ4n) is 1.75. The van der Waals surface area contributed by atoms with Crippen LogP contribution in [-0.4, -0.2) is 11.6 Å². The van der Waals surface area contributed by atoms with Crippen molar-refractivity contribution in [3.63, 3.8) is 0 Å². The van der Waals surface area contributed by atoms with E-state index in [1.165, 1.54) is 5.56 Å². The van der Waals surface area contributed by atoms with E-state index in [-0.39, 0.29) is 0 Å². The molecule has 3 nitrogen and oxygen atoms in total. The third-order valence-corrected chi connectivity index (χ3v) is 2.77. The smallest absolute Gasteiger partial charge is 0.218 e. The summed E-state index contributed by atoms with van der Waals surface area (Å²) in [4.78, 5) is 4.37. The number of aromatic nitrogens is 1. The SMILES string of the molecule is Cc1ccc(CN)c(OCCc2ccccc2)n1. The number of aryl methyl sites for hydroxylation is 1. The zero-order valence-corrected chi connectivity index (χ0v) is 10.6. The van der Waals surface area contributed by atoms with Crippen LogP contribution in [0.4, 0.5) is 0 Å². The number of hydrogen-bond donors (Lipinski definition) is 1. The normalized spacial score (nSPS) is 10.3. The second-order valence-electron chi connectivity index (χ2n) is 4.21. The molecule has 0 aliphatic rings. The highest BCUT2D eigenvalue weighted by Gasteiger charge is 2.04. The molecule has 0 atom stereocenters. The van der Waals surface area contributed by atoms with Gasteiger partial charge in [0.2, 0.25) is 5.88 Å². The molecule has 0 amide bonds. The number of nitrogens with zero attached hydrogens (tertiary/aromatic N) is 1.